The van der Waals surface area contributed by atoms with Crippen molar-refractivity contribution in [3.05, 3.63) is 50.5 Å². The van der Waals surface area contributed by atoms with Crippen molar-refractivity contribution in [1.29, 1.82) is 0 Å². The molecule has 0 bridgehead atoms. The number of rotatable bonds is 5. The predicted molar refractivity (Wildman–Crippen MR) is 84.8 cm³/mol. The summed E-state index contributed by atoms with van der Waals surface area (Å²) in [7, 11) is 0. The van der Waals surface area contributed by atoms with Crippen molar-refractivity contribution in [3.63, 3.8) is 0 Å². The van der Waals surface area contributed by atoms with Crippen LogP contribution in [0, 0.1) is 10.1 Å². The van der Waals surface area contributed by atoms with Crippen LogP contribution in [-0.4, -0.2) is 16.5 Å². The number of benzene rings is 1. The zero-order chi connectivity index (χ0) is 15.4. The number of anilines is 3. The molecular formula is C13H12Cl2N4O2. The molecule has 2 N–H and O–H groups in total. The van der Waals surface area contributed by atoms with Gasteiger partial charge in [0.05, 0.1) is 32.8 Å². The molecule has 8 heteroatoms. The summed E-state index contributed by atoms with van der Waals surface area (Å²) in [6.45, 7) is 2.48. The Morgan fingerprint density at radius 3 is 2.67 bits per heavy atom. The van der Waals surface area contributed by atoms with Gasteiger partial charge >= 0.3 is 0 Å². The van der Waals surface area contributed by atoms with Crippen molar-refractivity contribution in [2.45, 2.75) is 6.92 Å². The molecule has 0 unspecified atom stereocenters. The van der Waals surface area contributed by atoms with E-state index in [1.54, 1.807) is 18.2 Å². The largest absolute Gasteiger partial charge is 0.370 e. The summed E-state index contributed by atoms with van der Waals surface area (Å²) in [6, 6.07) is 7.78. The van der Waals surface area contributed by atoms with Crippen LogP contribution >= 0.6 is 23.2 Å². The van der Waals surface area contributed by atoms with Gasteiger partial charge in [-0.05, 0) is 19.1 Å². The summed E-state index contributed by atoms with van der Waals surface area (Å²) in [6.07, 6.45) is 0. The highest BCUT2D eigenvalue weighted by Gasteiger charge is 2.12. The first-order chi connectivity index (χ1) is 10.0. The first kappa shape index (κ1) is 15.3. The Labute approximate surface area is 131 Å². The Balaban J connectivity index is 2.38. The lowest BCUT2D eigenvalue weighted by atomic mass is 10.3. The monoisotopic (exact) mass is 326 g/mol. The van der Waals surface area contributed by atoms with Crippen LogP contribution in [0.4, 0.5) is 23.0 Å². The molecule has 1 aromatic carbocycles. The molecule has 2 rings (SSSR count). The average molecular weight is 327 g/mol. The third-order valence-electron chi connectivity index (χ3n) is 2.59. The Morgan fingerprint density at radius 2 is 2.00 bits per heavy atom. The highest BCUT2D eigenvalue weighted by molar-refractivity contribution is 6.43. The molecule has 0 spiro atoms. The summed E-state index contributed by atoms with van der Waals surface area (Å²) >= 11 is 12.0. The van der Waals surface area contributed by atoms with E-state index >= 15 is 0 Å². The van der Waals surface area contributed by atoms with Gasteiger partial charge in [-0.15, -0.1) is 0 Å². The fourth-order valence-electron chi connectivity index (χ4n) is 1.70. The maximum atomic E-state index is 11.0. The van der Waals surface area contributed by atoms with Gasteiger partial charge in [-0.3, -0.25) is 10.1 Å². The Kier molecular flexibility index (Phi) is 4.82. The SMILES string of the molecule is CCNc1cc([N+](=O)[O-])cc(Nc2cccc(Cl)c2Cl)n1. The van der Waals surface area contributed by atoms with Gasteiger partial charge in [0, 0.05) is 6.54 Å². The average Bonchev–Trinajstić information content (AvgIpc) is 2.44. The number of nitrogens with zero attached hydrogens (tertiary/aromatic N) is 2. The molecule has 0 aliphatic heterocycles. The van der Waals surface area contributed by atoms with Crippen LogP contribution in [0.1, 0.15) is 6.92 Å². The van der Waals surface area contributed by atoms with E-state index in [2.05, 4.69) is 15.6 Å². The number of hydrogen-bond acceptors (Lipinski definition) is 5. The third-order valence-corrected chi connectivity index (χ3v) is 3.41. The smallest absolute Gasteiger partial charge is 0.276 e. The second-order valence-electron chi connectivity index (χ2n) is 4.11. The fraction of sp³-hybridized carbons (Fsp3) is 0.154. The molecule has 0 atom stereocenters. The van der Waals surface area contributed by atoms with Gasteiger partial charge in [-0.2, -0.15) is 0 Å². The fourth-order valence-corrected chi connectivity index (χ4v) is 2.04. The summed E-state index contributed by atoms with van der Waals surface area (Å²) < 4.78 is 0. The van der Waals surface area contributed by atoms with Gasteiger partial charge in [0.25, 0.3) is 5.69 Å². The van der Waals surface area contributed by atoms with E-state index in [4.69, 9.17) is 23.2 Å². The molecule has 6 nitrogen and oxygen atoms in total. The minimum atomic E-state index is -0.479. The van der Waals surface area contributed by atoms with Crippen LogP contribution in [0.25, 0.3) is 0 Å². The minimum absolute atomic E-state index is 0.0680. The molecule has 0 aliphatic rings. The maximum absolute atomic E-state index is 11.0. The molecule has 0 aliphatic carbocycles. The summed E-state index contributed by atoms with van der Waals surface area (Å²) in [4.78, 5) is 14.7. The minimum Gasteiger partial charge on any atom is -0.370 e. The highest BCUT2D eigenvalue weighted by Crippen LogP contribution is 2.32. The number of halogens is 2. The van der Waals surface area contributed by atoms with Crippen LogP contribution in [0.3, 0.4) is 0 Å². The number of aromatic nitrogens is 1. The van der Waals surface area contributed by atoms with Crippen molar-refractivity contribution in [2.24, 2.45) is 0 Å². The Hall–Kier alpha value is -2.05. The maximum Gasteiger partial charge on any atom is 0.276 e. The standard InChI is InChI=1S/C13H12Cl2N4O2/c1-2-16-11-6-8(19(20)21)7-12(18-11)17-10-5-3-4-9(14)13(10)15/h3-7H,2H2,1H3,(H2,16,17,18). The van der Waals surface area contributed by atoms with Crippen molar-refractivity contribution in [1.82, 2.24) is 4.98 Å². The molecule has 1 heterocycles. The van der Waals surface area contributed by atoms with Gasteiger partial charge in [0.1, 0.15) is 11.6 Å². The molecule has 110 valence electrons. The van der Waals surface area contributed by atoms with E-state index < -0.39 is 4.92 Å². The van der Waals surface area contributed by atoms with Gasteiger partial charge in [-0.1, -0.05) is 29.3 Å². The number of nitro groups is 1. The molecule has 0 saturated heterocycles. The second-order valence-corrected chi connectivity index (χ2v) is 4.89. The predicted octanol–water partition coefficient (Wildman–Crippen LogP) is 4.47. The molecular weight excluding hydrogens is 315 g/mol. The van der Waals surface area contributed by atoms with Crippen molar-refractivity contribution in [3.8, 4) is 0 Å². The molecule has 2 aromatic rings. The van der Waals surface area contributed by atoms with Crippen LogP contribution in [-0.2, 0) is 0 Å². The van der Waals surface area contributed by atoms with Crippen LogP contribution < -0.4 is 10.6 Å². The topological polar surface area (TPSA) is 80.1 Å². The summed E-state index contributed by atoms with van der Waals surface area (Å²) in [5, 5.41) is 17.6. The van der Waals surface area contributed by atoms with Crippen molar-refractivity contribution in [2.75, 3.05) is 17.2 Å². The van der Waals surface area contributed by atoms with Crippen molar-refractivity contribution < 1.29 is 4.92 Å². The summed E-state index contributed by atoms with van der Waals surface area (Å²) in [5.41, 5.74) is 0.459. The first-order valence-electron chi connectivity index (χ1n) is 6.12. The van der Waals surface area contributed by atoms with E-state index in [1.807, 2.05) is 6.92 Å². The zero-order valence-electron chi connectivity index (χ0n) is 11.1. The van der Waals surface area contributed by atoms with Crippen LogP contribution in [0.2, 0.25) is 10.0 Å². The van der Waals surface area contributed by atoms with Gasteiger partial charge in [0.2, 0.25) is 0 Å². The second kappa shape index (κ2) is 6.60. The van der Waals surface area contributed by atoms with Crippen molar-refractivity contribution >= 4 is 46.2 Å². The molecule has 21 heavy (non-hydrogen) atoms. The molecule has 0 amide bonds. The Bertz CT molecular complexity index is 679. The lowest BCUT2D eigenvalue weighted by Gasteiger charge is -2.10. The molecule has 0 fully saturated rings. The van der Waals surface area contributed by atoms with E-state index in [0.717, 1.165) is 0 Å². The van der Waals surface area contributed by atoms with E-state index in [1.165, 1.54) is 12.1 Å². The molecule has 0 saturated carbocycles. The lowest BCUT2D eigenvalue weighted by Crippen LogP contribution is -2.03. The van der Waals surface area contributed by atoms with Gasteiger partial charge < -0.3 is 10.6 Å². The van der Waals surface area contributed by atoms with E-state index in [0.29, 0.717) is 33.9 Å². The highest BCUT2D eigenvalue weighted by atomic mass is 35.5. The number of nitrogens with one attached hydrogen (secondary N) is 2. The van der Waals surface area contributed by atoms with E-state index in [9.17, 15) is 10.1 Å². The van der Waals surface area contributed by atoms with Gasteiger partial charge in [0.15, 0.2) is 0 Å². The van der Waals surface area contributed by atoms with E-state index in [-0.39, 0.29) is 5.69 Å². The normalized spacial score (nSPS) is 10.2. The lowest BCUT2D eigenvalue weighted by molar-refractivity contribution is -0.384. The summed E-state index contributed by atoms with van der Waals surface area (Å²) in [5.74, 6) is 0.719. The molecule has 1 aromatic heterocycles. The zero-order valence-corrected chi connectivity index (χ0v) is 12.6. The first-order valence-corrected chi connectivity index (χ1v) is 6.88. The van der Waals surface area contributed by atoms with Crippen LogP contribution in [0.5, 0.6) is 0 Å². The third kappa shape index (κ3) is 3.74. The van der Waals surface area contributed by atoms with Crippen LogP contribution in [0.15, 0.2) is 30.3 Å². The molecule has 0 radical (unpaired) electrons. The quantitative estimate of drug-likeness (QED) is 0.625. The van der Waals surface area contributed by atoms with Gasteiger partial charge in [-0.25, -0.2) is 4.98 Å². The number of hydrogen-bond donors (Lipinski definition) is 2. The Morgan fingerprint density at radius 1 is 1.29 bits per heavy atom. The number of pyridine rings is 1.